The molecule has 2 aromatic heterocycles. The molecule has 1 amide bonds. The molecular weight excluding hydrogens is 232 g/mol. The van der Waals surface area contributed by atoms with Crippen molar-refractivity contribution < 1.29 is 9.21 Å². The Morgan fingerprint density at radius 2 is 2.22 bits per heavy atom. The van der Waals surface area contributed by atoms with Gasteiger partial charge in [-0.25, -0.2) is 0 Å². The summed E-state index contributed by atoms with van der Waals surface area (Å²) in [5, 5.41) is 0. The van der Waals surface area contributed by atoms with Gasteiger partial charge in [0.25, 0.3) is 5.91 Å². The van der Waals surface area contributed by atoms with Crippen LogP contribution in [0.1, 0.15) is 21.7 Å². The highest BCUT2D eigenvalue weighted by Gasteiger charge is 2.14. The number of carbonyl (C=O) groups is 1. The van der Waals surface area contributed by atoms with Crippen molar-refractivity contribution in [3.05, 3.63) is 57.9 Å². The minimum absolute atomic E-state index is 0.193. The molecule has 0 radical (unpaired) electrons. The molecule has 0 spiro atoms. The van der Waals surface area contributed by atoms with Crippen LogP contribution in [0.25, 0.3) is 0 Å². The molecule has 0 aliphatic carbocycles. The topological polar surface area (TPSA) is 66.3 Å². The average molecular weight is 246 g/mol. The first-order valence-electron chi connectivity index (χ1n) is 5.55. The van der Waals surface area contributed by atoms with Gasteiger partial charge in [0.2, 0.25) is 5.56 Å². The summed E-state index contributed by atoms with van der Waals surface area (Å²) in [4.78, 5) is 27.3. The highest BCUT2D eigenvalue weighted by molar-refractivity contribution is 5.93. The van der Waals surface area contributed by atoms with Gasteiger partial charge in [-0.2, -0.15) is 0 Å². The normalized spacial score (nSPS) is 10.3. The fourth-order valence-corrected chi connectivity index (χ4v) is 1.70. The molecular formula is C13H14N2O3. The number of carbonyl (C=O) groups excluding carboxylic acids is 1. The van der Waals surface area contributed by atoms with Crippen LogP contribution in [0.2, 0.25) is 0 Å². The number of aryl methyl sites for hydroxylation is 1. The van der Waals surface area contributed by atoms with Crippen LogP contribution in [0, 0.1) is 6.92 Å². The lowest BCUT2D eigenvalue weighted by Crippen LogP contribution is -2.27. The monoisotopic (exact) mass is 246 g/mol. The quantitative estimate of drug-likeness (QED) is 0.893. The van der Waals surface area contributed by atoms with E-state index < -0.39 is 0 Å². The van der Waals surface area contributed by atoms with Gasteiger partial charge in [-0.15, -0.1) is 0 Å². The number of H-pyrrole nitrogens is 1. The molecule has 0 saturated carbocycles. The Bertz CT molecular complexity index is 612. The van der Waals surface area contributed by atoms with Gasteiger partial charge in [0.05, 0.1) is 6.26 Å². The van der Waals surface area contributed by atoms with E-state index in [9.17, 15) is 9.59 Å². The Morgan fingerprint density at radius 3 is 2.83 bits per heavy atom. The molecule has 1 N–H and O–H groups in total. The smallest absolute Gasteiger partial charge is 0.254 e. The van der Waals surface area contributed by atoms with Crippen molar-refractivity contribution in [3.8, 4) is 0 Å². The molecule has 0 atom stereocenters. The van der Waals surface area contributed by atoms with Gasteiger partial charge in [-0.05, 0) is 19.1 Å². The number of amides is 1. The second-order valence-electron chi connectivity index (χ2n) is 4.10. The van der Waals surface area contributed by atoms with Crippen molar-refractivity contribution in [1.29, 1.82) is 0 Å². The van der Waals surface area contributed by atoms with E-state index in [1.165, 1.54) is 12.3 Å². The van der Waals surface area contributed by atoms with E-state index in [0.29, 0.717) is 12.1 Å². The molecule has 2 aromatic rings. The molecule has 0 saturated heterocycles. The summed E-state index contributed by atoms with van der Waals surface area (Å²) in [5.74, 6) is 0.599. The van der Waals surface area contributed by atoms with Gasteiger partial charge < -0.3 is 14.3 Å². The predicted molar refractivity (Wildman–Crippen MR) is 66.3 cm³/mol. The highest BCUT2D eigenvalue weighted by atomic mass is 16.3. The maximum Gasteiger partial charge on any atom is 0.254 e. The standard InChI is InChI=1S/C13H14N2O3/c1-9-11(4-6-18-9)8-15(2)13(17)10-3-5-14-12(16)7-10/h3-7H,8H2,1-2H3,(H,14,16). The molecule has 0 bridgehead atoms. The number of aromatic amines is 1. The molecule has 0 fully saturated rings. The minimum Gasteiger partial charge on any atom is -0.469 e. The molecule has 0 aliphatic rings. The van der Waals surface area contributed by atoms with Crippen molar-refractivity contribution in [2.24, 2.45) is 0 Å². The van der Waals surface area contributed by atoms with Crippen LogP contribution in [-0.4, -0.2) is 22.8 Å². The number of nitrogens with one attached hydrogen (secondary N) is 1. The third-order valence-corrected chi connectivity index (χ3v) is 2.74. The summed E-state index contributed by atoms with van der Waals surface area (Å²) < 4.78 is 5.18. The van der Waals surface area contributed by atoms with Crippen LogP contribution >= 0.6 is 0 Å². The fourth-order valence-electron chi connectivity index (χ4n) is 1.70. The van der Waals surface area contributed by atoms with Crippen molar-refractivity contribution in [3.63, 3.8) is 0 Å². The average Bonchev–Trinajstić information content (AvgIpc) is 2.74. The van der Waals surface area contributed by atoms with E-state index in [0.717, 1.165) is 11.3 Å². The number of nitrogens with zero attached hydrogens (tertiary/aromatic N) is 1. The van der Waals surface area contributed by atoms with E-state index in [1.54, 1.807) is 24.3 Å². The van der Waals surface area contributed by atoms with E-state index in [2.05, 4.69) is 4.98 Å². The summed E-state index contributed by atoms with van der Waals surface area (Å²) in [6.07, 6.45) is 3.06. The lowest BCUT2D eigenvalue weighted by atomic mass is 10.2. The van der Waals surface area contributed by atoms with Crippen molar-refractivity contribution in [1.82, 2.24) is 9.88 Å². The lowest BCUT2D eigenvalue weighted by molar-refractivity contribution is 0.0784. The number of aromatic nitrogens is 1. The van der Waals surface area contributed by atoms with Crippen LogP contribution in [-0.2, 0) is 6.54 Å². The maximum absolute atomic E-state index is 12.1. The summed E-state index contributed by atoms with van der Waals surface area (Å²) in [6, 6.07) is 4.71. The molecule has 2 heterocycles. The number of rotatable bonds is 3. The van der Waals surface area contributed by atoms with Crippen LogP contribution in [0.5, 0.6) is 0 Å². The van der Waals surface area contributed by atoms with Crippen LogP contribution in [0.3, 0.4) is 0 Å². The van der Waals surface area contributed by atoms with Crippen molar-refractivity contribution >= 4 is 5.91 Å². The third-order valence-electron chi connectivity index (χ3n) is 2.74. The zero-order valence-corrected chi connectivity index (χ0v) is 10.3. The Labute approximate surface area is 104 Å². The first-order chi connectivity index (χ1) is 8.58. The largest absolute Gasteiger partial charge is 0.469 e. The molecule has 0 aliphatic heterocycles. The van der Waals surface area contributed by atoms with E-state index >= 15 is 0 Å². The van der Waals surface area contributed by atoms with Crippen LogP contribution in [0.15, 0.2) is 39.9 Å². The number of furan rings is 1. The molecule has 94 valence electrons. The fraction of sp³-hybridized carbons (Fsp3) is 0.231. The third kappa shape index (κ3) is 2.51. The van der Waals surface area contributed by atoms with Crippen molar-refractivity contribution in [2.75, 3.05) is 7.05 Å². The maximum atomic E-state index is 12.1. The molecule has 5 heteroatoms. The van der Waals surface area contributed by atoms with E-state index in [1.807, 2.05) is 13.0 Å². The van der Waals surface area contributed by atoms with Crippen LogP contribution < -0.4 is 5.56 Å². The minimum atomic E-state index is -0.284. The predicted octanol–water partition coefficient (Wildman–Crippen LogP) is 1.55. The molecule has 5 nitrogen and oxygen atoms in total. The highest BCUT2D eigenvalue weighted by Crippen LogP contribution is 2.12. The Hall–Kier alpha value is -2.30. The number of pyridine rings is 1. The van der Waals surface area contributed by atoms with Crippen LogP contribution in [0.4, 0.5) is 0 Å². The van der Waals surface area contributed by atoms with Gasteiger partial charge in [-0.1, -0.05) is 0 Å². The van der Waals surface area contributed by atoms with Gasteiger partial charge in [0, 0.05) is 37.0 Å². The molecule has 0 aromatic carbocycles. The van der Waals surface area contributed by atoms with Gasteiger partial charge in [-0.3, -0.25) is 9.59 Å². The Balaban J connectivity index is 2.14. The van der Waals surface area contributed by atoms with E-state index in [-0.39, 0.29) is 11.5 Å². The zero-order valence-electron chi connectivity index (χ0n) is 10.3. The number of hydrogen-bond donors (Lipinski definition) is 1. The van der Waals surface area contributed by atoms with Gasteiger partial charge >= 0.3 is 0 Å². The SMILES string of the molecule is Cc1occc1CN(C)C(=O)c1cc[nH]c(=O)c1. The number of hydrogen-bond acceptors (Lipinski definition) is 3. The second-order valence-corrected chi connectivity index (χ2v) is 4.10. The summed E-state index contributed by atoms with van der Waals surface area (Å²) >= 11 is 0. The van der Waals surface area contributed by atoms with Gasteiger partial charge in [0.1, 0.15) is 5.76 Å². The molecule has 2 rings (SSSR count). The first-order valence-corrected chi connectivity index (χ1v) is 5.55. The lowest BCUT2D eigenvalue weighted by Gasteiger charge is -2.16. The summed E-state index contributed by atoms with van der Waals surface area (Å²) in [6.45, 7) is 2.30. The zero-order chi connectivity index (χ0) is 13.1. The Kier molecular flexibility index (Phi) is 3.32. The molecule has 18 heavy (non-hydrogen) atoms. The Morgan fingerprint density at radius 1 is 1.44 bits per heavy atom. The second kappa shape index (κ2) is 4.91. The first kappa shape index (κ1) is 12.2. The van der Waals surface area contributed by atoms with Gasteiger partial charge in [0.15, 0.2) is 0 Å². The van der Waals surface area contributed by atoms with Crippen molar-refractivity contribution in [2.45, 2.75) is 13.5 Å². The molecule has 0 unspecified atom stereocenters. The van der Waals surface area contributed by atoms with E-state index in [4.69, 9.17) is 4.42 Å². The summed E-state index contributed by atoms with van der Waals surface area (Å²) in [5.41, 5.74) is 1.05. The summed E-state index contributed by atoms with van der Waals surface area (Å²) in [7, 11) is 1.69.